The summed E-state index contributed by atoms with van der Waals surface area (Å²) in [6.45, 7) is 5.47. The summed E-state index contributed by atoms with van der Waals surface area (Å²) in [4.78, 5) is 32.0. The molecule has 1 fully saturated rings. The lowest BCUT2D eigenvalue weighted by Crippen LogP contribution is -2.48. The average Bonchev–Trinajstić information content (AvgIpc) is 3.79. The molecule has 0 unspecified atom stereocenters. The summed E-state index contributed by atoms with van der Waals surface area (Å²) in [6.07, 6.45) is 6.75. The summed E-state index contributed by atoms with van der Waals surface area (Å²) >= 11 is 0. The monoisotopic (exact) mass is 617 g/mol. The molecule has 0 bridgehead atoms. The van der Waals surface area contributed by atoms with Gasteiger partial charge < -0.3 is 30.5 Å². The fourth-order valence-electron chi connectivity index (χ4n) is 5.59. The fraction of sp³-hybridized carbons (Fsp3) is 0.412. The fourth-order valence-corrected chi connectivity index (χ4v) is 5.59. The van der Waals surface area contributed by atoms with Crippen molar-refractivity contribution in [2.45, 2.75) is 50.5 Å². The van der Waals surface area contributed by atoms with Crippen molar-refractivity contribution >= 4 is 17.5 Å². The molecular formula is C34H40FN5O5. The van der Waals surface area contributed by atoms with Crippen LogP contribution in [0.2, 0.25) is 0 Å². The molecule has 2 heterocycles. The number of carbonyl (C=O) groups is 2. The summed E-state index contributed by atoms with van der Waals surface area (Å²) < 4.78 is 25.3. The molecule has 1 aromatic heterocycles. The SMILES string of the molecule is CN/C=C1/C=C(C(=O)NC[C@H](c2cc3c(c(-c4ccc(F)cc4)n2)OC[C@]3(C)C(=O)NCC(C)(C)O)C2CC2)C=C(OC)C1=N. The van der Waals surface area contributed by atoms with Crippen molar-refractivity contribution in [3.05, 3.63) is 82.7 Å². The maximum absolute atomic E-state index is 13.9. The topological polar surface area (TPSA) is 146 Å². The van der Waals surface area contributed by atoms with Gasteiger partial charge in [-0.15, -0.1) is 0 Å². The molecule has 0 spiro atoms. The Balaban J connectivity index is 1.49. The Morgan fingerprint density at radius 1 is 1.24 bits per heavy atom. The minimum absolute atomic E-state index is 0.0655. The Morgan fingerprint density at radius 2 is 1.96 bits per heavy atom. The number of nitrogens with zero attached hydrogens (tertiary/aromatic N) is 1. The number of aromatic nitrogens is 1. The lowest BCUT2D eigenvalue weighted by Gasteiger charge is -2.26. The minimum atomic E-state index is -1.09. The molecule has 0 saturated heterocycles. The van der Waals surface area contributed by atoms with E-state index >= 15 is 0 Å². The number of amides is 2. The quantitative estimate of drug-likeness (QED) is 0.259. The number of halogens is 1. The van der Waals surface area contributed by atoms with Crippen molar-refractivity contribution in [2.24, 2.45) is 5.92 Å². The number of nitrogens with one attached hydrogen (secondary N) is 4. The van der Waals surface area contributed by atoms with Gasteiger partial charge in [0.1, 0.15) is 40.8 Å². The summed E-state index contributed by atoms with van der Waals surface area (Å²) in [5.41, 5.74) is 1.39. The number of aliphatic hydroxyl groups is 1. The number of pyridine rings is 1. The Hall–Kier alpha value is -4.51. The van der Waals surface area contributed by atoms with Crippen molar-refractivity contribution in [2.75, 3.05) is 33.9 Å². The second-order valence-electron chi connectivity index (χ2n) is 12.6. The molecule has 1 saturated carbocycles. The summed E-state index contributed by atoms with van der Waals surface area (Å²) in [5.74, 6) is -0.134. The smallest absolute Gasteiger partial charge is 0.251 e. The van der Waals surface area contributed by atoms with Crippen LogP contribution in [0.1, 0.15) is 50.8 Å². The number of fused-ring (bicyclic) bond motifs is 1. The van der Waals surface area contributed by atoms with Crippen LogP contribution in [0.25, 0.3) is 11.3 Å². The zero-order valence-corrected chi connectivity index (χ0v) is 26.2. The maximum atomic E-state index is 13.9. The first-order chi connectivity index (χ1) is 21.3. The minimum Gasteiger partial charge on any atom is -0.494 e. The third kappa shape index (κ3) is 6.78. The summed E-state index contributed by atoms with van der Waals surface area (Å²) in [7, 11) is 3.18. The Bertz CT molecular complexity index is 1600. The first-order valence-corrected chi connectivity index (χ1v) is 15.0. The number of benzene rings is 1. The van der Waals surface area contributed by atoms with Crippen LogP contribution in [0.4, 0.5) is 4.39 Å². The molecule has 238 valence electrons. The molecule has 2 aromatic rings. The van der Waals surface area contributed by atoms with Crippen LogP contribution in [0.15, 0.2) is 65.6 Å². The standard InChI is InChI=1S/C34H40FN5O5/c1-33(2,43)17-39-32(42)34(3)18-45-30-25(34)14-26(40-29(30)20-8-10-23(35)11-9-20)24(19-6-7-19)16-38-31(41)21-12-22(15-37-4)28(36)27(13-21)44-5/h8-15,19,24,36-37,43H,6-7,16-18H2,1-5H3,(H,38,41)(H,39,42)/b22-15-,36-28?/t24-,34-/m0/s1. The third-order valence-electron chi connectivity index (χ3n) is 8.36. The largest absolute Gasteiger partial charge is 0.494 e. The van der Waals surface area contributed by atoms with Gasteiger partial charge in [0.2, 0.25) is 5.91 Å². The van der Waals surface area contributed by atoms with Crippen LogP contribution >= 0.6 is 0 Å². The number of methoxy groups -OCH3 is 1. The van der Waals surface area contributed by atoms with E-state index in [1.165, 1.54) is 19.2 Å². The lowest BCUT2D eigenvalue weighted by molar-refractivity contribution is -0.127. The van der Waals surface area contributed by atoms with Crippen molar-refractivity contribution in [3.63, 3.8) is 0 Å². The van der Waals surface area contributed by atoms with Crippen molar-refractivity contribution in [3.8, 4) is 17.0 Å². The number of allylic oxidation sites excluding steroid dienone is 2. The highest BCUT2D eigenvalue weighted by Gasteiger charge is 2.46. The van der Waals surface area contributed by atoms with E-state index < -0.39 is 11.0 Å². The molecule has 1 aliphatic heterocycles. The van der Waals surface area contributed by atoms with Gasteiger partial charge in [0.05, 0.1) is 12.7 Å². The van der Waals surface area contributed by atoms with Gasteiger partial charge in [-0.25, -0.2) is 9.37 Å². The molecular weight excluding hydrogens is 577 g/mol. The van der Waals surface area contributed by atoms with Gasteiger partial charge >= 0.3 is 0 Å². The Morgan fingerprint density at radius 3 is 2.58 bits per heavy atom. The zero-order valence-electron chi connectivity index (χ0n) is 26.2. The molecule has 3 aliphatic rings. The van der Waals surface area contributed by atoms with Gasteiger partial charge in [0, 0.05) is 60.2 Å². The molecule has 2 amide bonds. The van der Waals surface area contributed by atoms with Gasteiger partial charge in [-0.1, -0.05) is 0 Å². The van der Waals surface area contributed by atoms with E-state index in [-0.39, 0.29) is 60.6 Å². The van der Waals surface area contributed by atoms with Crippen molar-refractivity contribution in [1.29, 1.82) is 5.41 Å². The van der Waals surface area contributed by atoms with E-state index in [9.17, 15) is 19.1 Å². The molecule has 2 aliphatic carbocycles. The van der Waals surface area contributed by atoms with Gasteiger partial charge in [0.15, 0.2) is 0 Å². The zero-order chi connectivity index (χ0) is 32.5. The molecule has 10 nitrogen and oxygen atoms in total. The molecule has 11 heteroatoms. The van der Waals surface area contributed by atoms with E-state index in [1.807, 2.05) is 6.07 Å². The summed E-state index contributed by atoms with van der Waals surface area (Å²) in [5, 5.41) is 27.3. The van der Waals surface area contributed by atoms with E-state index in [0.29, 0.717) is 39.4 Å². The number of rotatable bonds is 11. The van der Waals surface area contributed by atoms with Gasteiger partial charge in [-0.2, -0.15) is 0 Å². The van der Waals surface area contributed by atoms with E-state index in [0.717, 1.165) is 12.8 Å². The first kappa shape index (κ1) is 31.9. The van der Waals surface area contributed by atoms with Crippen LogP contribution in [0.5, 0.6) is 5.75 Å². The Labute approximate surface area is 262 Å². The number of carbonyl (C=O) groups excluding carboxylic acids is 2. The highest BCUT2D eigenvalue weighted by Crippen LogP contribution is 2.48. The van der Waals surface area contributed by atoms with Crippen LogP contribution in [0.3, 0.4) is 0 Å². The Kier molecular flexibility index (Phi) is 8.84. The van der Waals surface area contributed by atoms with Gasteiger partial charge in [-0.05, 0) is 82.0 Å². The molecule has 1 aromatic carbocycles. The van der Waals surface area contributed by atoms with Crippen LogP contribution in [-0.2, 0) is 19.7 Å². The van der Waals surface area contributed by atoms with Gasteiger partial charge in [-0.3, -0.25) is 15.0 Å². The third-order valence-corrected chi connectivity index (χ3v) is 8.36. The first-order valence-electron chi connectivity index (χ1n) is 15.0. The normalized spacial score (nSPS) is 20.9. The highest BCUT2D eigenvalue weighted by atomic mass is 19.1. The number of hydrogen-bond acceptors (Lipinski definition) is 8. The van der Waals surface area contributed by atoms with Crippen molar-refractivity contribution in [1.82, 2.24) is 20.9 Å². The predicted molar refractivity (Wildman–Crippen MR) is 168 cm³/mol. The molecule has 5 rings (SSSR count). The molecule has 2 atom stereocenters. The maximum Gasteiger partial charge on any atom is 0.251 e. The predicted octanol–water partition coefficient (Wildman–Crippen LogP) is 3.63. The summed E-state index contributed by atoms with van der Waals surface area (Å²) in [6, 6.07) is 7.87. The van der Waals surface area contributed by atoms with Gasteiger partial charge in [0.25, 0.3) is 5.91 Å². The van der Waals surface area contributed by atoms with E-state index in [4.69, 9.17) is 19.9 Å². The second kappa shape index (κ2) is 12.5. The number of hydrogen-bond donors (Lipinski definition) is 5. The van der Waals surface area contributed by atoms with Crippen LogP contribution < -0.4 is 20.7 Å². The second-order valence-corrected chi connectivity index (χ2v) is 12.6. The molecule has 5 N–H and O–H groups in total. The van der Waals surface area contributed by atoms with E-state index in [1.54, 1.807) is 58.3 Å². The van der Waals surface area contributed by atoms with Crippen molar-refractivity contribution < 1.29 is 28.6 Å². The number of ether oxygens (including phenoxy) is 2. The van der Waals surface area contributed by atoms with Crippen LogP contribution in [0, 0.1) is 17.1 Å². The lowest BCUT2D eigenvalue weighted by atomic mass is 9.81. The molecule has 45 heavy (non-hydrogen) atoms. The van der Waals surface area contributed by atoms with E-state index in [2.05, 4.69) is 16.0 Å². The van der Waals surface area contributed by atoms with Crippen LogP contribution in [-0.4, -0.2) is 67.1 Å². The molecule has 0 radical (unpaired) electrons. The average molecular weight is 618 g/mol. The highest BCUT2D eigenvalue weighted by molar-refractivity contribution is 6.15.